The Hall–Kier alpha value is -1.87. The molecule has 0 radical (unpaired) electrons. The van der Waals surface area contributed by atoms with Crippen molar-refractivity contribution in [2.45, 2.75) is 38.0 Å². The van der Waals surface area contributed by atoms with E-state index in [2.05, 4.69) is 0 Å². The lowest BCUT2D eigenvalue weighted by atomic mass is 9.74. The van der Waals surface area contributed by atoms with Crippen molar-refractivity contribution in [1.82, 2.24) is 0 Å². The maximum absolute atomic E-state index is 12.5. The maximum atomic E-state index is 12.5. The molecule has 0 amide bonds. The monoisotopic (exact) mass is 330 g/mol. The second-order valence-corrected chi connectivity index (χ2v) is 6.52. The molecule has 1 aromatic carbocycles. The zero-order chi connectivity index (χ0) is 16.2. The van der Waals surface area contributed by atoms with Crippen LogP contribution in [0.15, 0.2) is 47.1 Å². The summed E-state index contributed by atoms with van der Waals surface area (Å²) < 4.78 is 5.21. The molecule has 1 aliphatic carbocycles. The van der Waals surface area contributed by atoms with Crippen molar-refractivity contribution in [2.75, 3.05) is 0 Å². The topological polar surface area (TPSA) is 47.3 Å². The number of ketones is 2. The average Bonchev–Trinajstić information content (AvgIpc) is 3.09. The van der Waals surface area contributed by atoms with Crippen molar-refractivity contribution >= 4 is 23.2 Å². The van der Waals surface area contributed by atoms with E-state index < -0.39 is 0 Å². The quantitative estimate of drug-likeness (QED) is 0.721. The SMILES string of the molecule is O=C(C[C@H](c1ccc(Cl)cc1)[C@@H]1CCCCC1=O)c1ccco1. The number of benzene rings is 1. The molecular weight excluding hydrogens is 312 g/mol. The minimum absolute atomic E-state index is 0.0617. The third kappa shape index (κ3) is 3.73. The summed E-state index contributed by atoms with van der Waals surface area (Å²) in [6, 6.07) is 10.8. The fourth-order valence-corrected chi connectivity index (χ4v) is 3.50. The van der Waals surface area contributed by atoms with Crippen molar-refractivity contribution in [2.24, 2.45) is 5.92 Å². The highest BCUT2D eigenvalue weighted by atomic mass is 35.5. The van der Waals surface area contributed by atoms with E-state index in [9.17, 15) is 9.59 Å². The molecule has 0 saturated heterocycles. The second-order valence-electron chi connectivity index (χ2n) is 6.08. The Morgan fingerprint density at radius 2 is 2.00 bits per heavy atom. The van der Waals surface area contributed by atoms with Crippen LogP contribution in [-0.4, -0.2) is 11.6 Å². The Labute approximate surface area is 140 Å². The van der Waals surface area contributed by atoms with E-state index in [4.69, 9.17) is 16.0 Å². The van der Waals surface area contributed by atoms with E-state index >= 15 is 0 Å². The number of hydrogen-bond acceptors (Lipinski definition) is 3. The van der Waals surface area contributed by atoms with E-state index in [1.165, 1.54) is 6.26 Å². The molecule has 0 unspecified atom stereocenters. The Bertz CT molecular complexity index is 673. The van der Waals surface area contributed by atoms with Gasteiger partial charge in [0.05, 0.1) is 6.26 Å². The summed E-state index contributed by atoms with van der Waals surface area (Å²) in [6.07, 6.45) is 5.23. The molecule has 1 aliphatic rings. The summed E-state index contributed by atoms with van der Waals surface area (Å²) in [5.74, 6) is 0.352. The highest BCUT2D eigenvalue weighted by molar-refractivity contribution is 6.30. The van der Waals surface area contributed by atoms with Crippen LogP contribution < -0.4 is 0 Å². The van der Waals surface area contributed by atoms with Crippen LogP contribution in [0.25, 0.3) is 0 Å². The van der Waals surface area contributed by atoms with Crippen LogP contribution in [0.3, 0.4) is 0 Å². The number of halogens is 1. The maximum Gasteiger partial charge on any atom is 0.198 e. The lowest BCUT2D eigenvalue weighted by Crippen LogP contribution is -2.27. The van der Waals surface area contributed by atoms with Crippen LogP contribution in [0.4, 0.5) is 0 Å². The molecule has 0 aliphatic heterocycles. The van der Waals surface area contributed by atoms with E-state index in [1.807, 2.05) is 24.3 Å². The fraction of sp³-hybridized carbons (Fsp3) is 0.368. The molecule has 23 heavy (non-hydrogen) atoms. The van der Waals surface area contributed by atoms with Gasteiger partial charge in [-0.25, -0.2) is 0 Å². The van der Waals surface area contributed by atoms with Crippen LogP contribution in [-0.2, 0) is 4.79 Å². The lowest BCUT2D eigenvalue weighted by molar-refractivity contribution is -0.125. The first kappa shape index (κ1) is 16.0. The van der Waals surface area contributed by atoms with E-state index in [-0.39, 0.29) is 29.8 Å². The molecular formula is C19H19ClO3. The van der Waals surface area contributed by atoms with Gasteiger partial charge in [0.25, 0.3) is 0 Å². The van der Waals surface area contributed by atoms with Gasteiger partial charge in [-0.3, -0.25) is 9.59 Å². The highest BCUT2D eigenvalue weighted by Gasteiger charge is 2.33. The standard InChI is InChI=1S/C19H19ClO3/c20-14-9-7-13(8-10-14)16(15-4-1-2-5-17(15)21)12-18(22)19-6-3-11-23-19/h3,6-11,15-16H,1-2,4-5,12H2/t15-,16+/m0/s1. The molecule has 0 bridgehead atoms. The Kier molecular flexibility index (Phi) is 4.97. The van der Waals surface area contributed by atoms with Crippen LogP contribution >= 0.6 is 11.6 Å². The van der Waals surface area contributed by atoms with Gasteiger partial charge in [0.15, 0.2) is 11.5 Å². The zero-order valence-electron chi connectivity index (χ0n) is 12.8. The summed E-state index contributed by atoms with van der Waals surface area (Å²) in [4.78, 5) is 24.9. The zero-order valence-corrected chi connectivity index (χ0v) is 13.6. The van der Waals surface area contributed by atoms with Gasteiger partial charge in [-0.05, 0) is 42.7 Å². The smallest absolute Gasteiger partial charge is 0.198 e. The molecule has 1 saturated carbocycles. The number of carbonyl (C=O) groups excluding carboxylic acids is 2. The first-order chi connectivity index (χ1) is 11.1. The molecule has 1 heterocycles. The molecule has 2 atom stereocenters. The predicted molar refractivity (Wildman–Crippen MR) is 88.8 cm³/mol. The molecule has 0 N–H and O–H groups in total. The van der Waals surface area contributed by atoms with Gasteiger partial charge in [-0.15, -0.1) is 0 Å². The van der Waals surface area contributed by atoms with Crippen molar-refractivity contribution in [3.05, 3.63) is 59.0 Å². The Morgan fingerprint density at radius 3 is 2.65 bits per heavy atom. The predicted octanol–water partition coefficient (Wildman–Crippen LogP) is 5.05. The fourth-order valence-electron chi connectivity index (χ4n) is 3.38. The first-order valence-corrected chi connectivity index (χ1v) is 8.38. The molecule has 3 rings (SSSR count). The minimum Gasteiger partial charge on any atom is -0.461 e. The van der Waals surface area contributed by atoms with Gasteiger partial charge in [-0.1, -0.05) is 30.2 Å². The molecule has 3 nitrogen and oxygen atoms in total. The second kappa shape index (κ2) is 7.14. The van der Waals surface area contributed by atoms with Crippen molar-refractivity contribution < 1.29 is 14.0 Å². The number of furan rings is 1. The van der Waals surface area contributed by atoms with Gasteiger partial charge in [0, 0.05) is 29.7 Å². The molecule has 1 fully saturated rings. The third-order valence-corrected chi connectivity index (χ3v) is 4.84. The molecule has 0 spiro atoms. The Morgan fingerprint density at radius 1 is 1.22 bits per heavy atom. The van der Waals surface area contributed by atoms with Gasteiger partial charge >= 0.3 is 0 Å². The number of carbonyl (C=O) groups is 2. The van der Waals surface area contributed by atoms with Crippen molar-refractivity contribution in [3.8, 4) is 0 Å². The molecule has 120 valence electrons. The van der Waals surface area contributed by atoms with Gasteiger partial charge in [0.1, 0.15) is 5.78 Å². The summed E-state index contributed by atoms with van der Waals surface area (Å²) >= 11 is 5.97. The largest absolute Gasteiger partial charge is 0.461 e. The summed E-state index contributed by atoms with van der Waals surface area (Å²) in [5, 5.41) is 0.653. The van der Waals surface area contributed by atoms with E-state index in [1.54, 1.807) is 12.1 Å². The molecule has 1 aromatic heterocycles. The number of Topliss-reactive ketones (excluding diaryl/α,β-unsaturated/α-hetero) is 2. The van der Waals surface area contributed by atoms with Crippen LogP contribution in [0.5, 0.6) is 0 Å². The van der Waals surface area contributed by atoms with Crippen LogP contribution in [0, 0.1) is 5.92 Å². The van der Waals surface area contributed by atoms with Crippen molar-refractivity contribution in [3.63, 3.8) is 0 Å². The van der Waals surface area contributed by atoms with Crippen LogP contribution in [0.2, 0.25) is 5.02 Å². The summed E-state index contributed by atoms with van der Waals surface area (Å²) in [6.45, 7) is 0. The number of hydrogen-bond donors (Lipinski definition) is 0. The Balaban J connectivity index is 1.87. The molecule has 2 aromatic rings. The van der Waals surface area contributed by atoms with Gasteiger partial charge < -0.3 is 4.42 Å². The summed E-state index contributed by atoms with van der Waals surface area (Å²) in [7, 11) is 0. The van der Waals surface area contributed by atoms with Gasteiger partial charge in [-0.2, -0.15) is 0 Å². The summed E-state index contributed by atoms with van der Waals surface area (Å²) in [5.41, 5.74) is 0.995. The first-order valence-electron chi connectivity index (χ1n) is 8.00. The minimum atomic E-state index is -0.113. The normalized spacial score (nSPS) is 19.5. The highest BCUT2D eigenvalue weighted by Crippen LogP contribution is 2.37. The molecule has 4 heteroatoms. The average molecular weight is 331 g/mol. The lowest BCUT2D eigenvalue weighted by Gasteiger charge is -2.29. The van der Waals surface area contributed by atoms with E-state index in [0.29, 0.717) is 17.2 Å². The van der Waals surface area contributed by atoms with E-state index in [0.717, 1.165) is 24.8 Å². The third-order valence-electron chi connectivity index (χ3n) is 4.59. The van der Waals surface area contributed by atoms with Gasteiger partial charge in [0.2, 0.25) is 0 Å². The van der Waals surface area contributed by atoms with Crippen LogP contribution in [0.1, 0.15) is 54.1 Å². The van der Waals surface area contributed by atoms with Crippen molar-refractivity contribution in [1.29, 1.82) is 0 Å². The number of rotatable bonds is 5.